The number of halogens is 1. The van der Waals surface area contributed by atoms with Gasteiger partial charge in [-0.15, -0.1) is 0 Å². The fourth-order valence-corrected chi connectivity index (χ4v) is 6.11. The van der Waals surface area contributed by atoms with Crippen LogP contribution in [0.25, 0.3) is 0 Å². The van der Waals surface area contributed by atoms with Crippen LogP contribution in [0.15, 0.2) is 0 Å². The van der Waals surface area contributed by atoms with Gasteiger partial charge < -0.3 is 31.3 Å². The standard InChI is InChI=1S/C23H52NO3Si.ClH/c1-5-7-8-9-10-11-12-13-14-15-16-17-18-19-20-21-23(28(25,26)27)24(3,4)22-6-2;/h23,25-27H,5-22H2,1-4H3;1H/q+1;/p-1. The molecule has 0 fully saturated rings. The minimum atomic E-state index is -4.09. The second-order valence-electron chi connectivity index (χ2n) is 9.44. The summed E-state index contributed by atoms with van der Waals surface area (Å²) in [7, 11) is -0.0867. The zero-order chi connectivity index (χ0) is 21.3. The summed E-state index contributed by atoms with van der Waals surface area (Å²) in [5.74, 6) is 0. The highest BCUT2D eigenvalue weighted by molar-refractivity contribution is 6.57. The van der Waals surface area contributed by atoms with E-state index in [4.69, 9.17) is 0 Å². The van der Waals surface area contributed by atoms with E-state index in [1.54, 1.807) is 0 Å². The Morgan fingerprint density at radius 1 is 0.586 bits per heavy atom. The Balaban J connectivity index is 0. The molecule has 0 spiro atoms. The first-order chi connectivity index (χ1) is 13.3. The summed E-state index contributed by atoms with van der Waals surface area (Å²) in [5, 5.41) is 0. The van der Waals surface area contributed by atoms with Gasteiger partial charge >= 0.3 is 8.80 Å². The molecule has 0 saturated carbocycles. The normalized spacial score (nSPS) is 13.3. The Bertz CT molecular complexity index is 352. The summed E-state index contributed by atoms with van der Waals surface area (Å²) < 4.78 is 0.505. The molecule has 0 amide bonds. The summed E-state index contributed by atoms with van der Waals surface area (Å²) in [5.41, 5.74) is -0.408. The predicted octanol–water partition coefficient (Wildman–Crippen LogP) is 2.56. The van der Waals surface area contributed by atoms with Crippen LogP contribution in [0.2, 0.25) is 0 Å². The topological polar surface area (TPSA) is 60.7 Å². The van der Waals surface area contributed by atoms with Crippen LogP contribution in [-0.2, 0) is 0 Å². The van der Waals surface area contributed by atoms with Gasteiger partial charge in [-0.05, 0) is 12.8 Å². The van der Waals surface area contributed by atoms with E-state index < -0.39 is 14.5 Å². The van der Waals surface area contributed by atoms with Crippen LogP contribution in [-0.4, -0.2) is 54.0 Å². The molecule has 0 saturated heterocycles. The van der Waals surface area contributed by atoms with Gasteiger partial charge in [-0.1, -0.05) is 104 Å². The first-order valence-corrected chi connectivity index (χ1v) is 14.2. The minimum absolute atomic E-state index is 0. The van der Waals surface area contributed by atoms with Crippen LogP contribution in [0.3, 0.4) is 0 Å². The third-order valence-electron chi connectivity index (χ3n) is 6.17. The molecule has 0 aromatic carbocycles. The number of quaternary nitrogens is 1. The second-order valence-corrected chi connectivity index (χ2v) is 11.5. The number of hydrogen-bond donors (Lipinski definition) is 3. The third kappa shape index (κ3) is 17.7. The van der Waals surface area contributed by atoms with Crippen LogP contribution in [0, 0.1) is 0 Å². The van der Waals surface area contributed by atoms with Gasteiger partial charge in [0.2, 0.25) is 0 Å². The summed E-state index contributed by atoms with van der Waals surface area (Å²) in [6.45, 7) is 5.23. The van der Waals surface area contributed by atoms with E-state index in [0.29, 0.717) is 10.9 Å². The van der Waals surface area contributed by atoms with Gasteiger partial charge in [0.15, 0.2) is 5.67 Å². The maximum absolute atomic E-state index is 9.89. The number of rotatable bonds is 20. The zero-order valence-electron chi connectivity index (χ0n) is 20.0. The Hall–Kier alpha value is 0.347. The van der Waals surface area contributed by atoms with Crippen molar-refractivity contribution in [2.24, 2.45) is 0 Å². The lowest BCUT2D eigenvalue weighted by Crippen LogP contribution is -3.00. The van der Waals surface area contributed by atoms with Crippen molar-refractivity contribution < 1.29 is 31.3 Å². The van der Waals surface area contributed by atoms with Crippen molar-refractivity contribution >= 4 is 8.80 Å². The van der Waals surface area contributed by atoms with Crippen LogP contribution in [0.5, 0.6) is 0 Å². The maximum Gasteiger partial charge on any atom is 0.554 e. The quantitative estimate of drug-likeness (QED) is 0.151. The Morgan fingerprint density at radius 2 is 0.931 bits per heavy atom. The van der Waals surface area contributed by atoms with Gasteiger partial charge in [-0.3, -0.25) is 0 Å². The molecule has 0 aromatic heterocycles. The van der Waals surface area contributed by atoms with E-state index in [9.17, 15) is 14.4 Å². The van der Waals surface area contributed by atoms with Crippen molar-refractivity contribution in [2.45, 2.75) is 129 Å². The molecule has 29 heavy (non-hydrogen) atoms. The van der Waals surface area contributed by atoms with Gasteiger partial charge in [-0.25, -0.2) is 0 Å². The molecule has 0 aliphatic heterocycles. The highest BCUT2D eigenvalue weighted by Crippen LogP contribution is 2.21. The van der Waals surface area contributed by atoms with Crippen molar-refractivity contribution in [3.05, 3.63) is 0 Å². The molecule has 0 aromatic rings. The molecule has 6 heteroatoms. The number of nitrogens with zero attached hydrogens (tertiary/aromatic N) is 1. The van der Waals surface area contributed by atoms with E-state index in [-0.39, 0.29) is 12.4 Å². The summed E-state index contributed by atoms with van der Waals surface area (Å²) in [6, 6.07) is 0. The average molecular weight is 454 g/mol. The largest absolute Gasteiger partial charge is 1.00 e. The summed E-state index contributed by atoms with van der Waals surface area (Å²) >= 11 is 0. The first-order valence-electron chi connectivity index (χ1n) is 12.3. The lowest BCUT2D eigenvalue weighted by molar-refractivity contribution is -0.906. The summed E-state index contributed by atoms with van der Waals surface area (Å²) in [6.07, 6.45) is 21.6. The molecular weight excluding hydrogens is 402 g/mol. The van der Waals surface area contributed by atoms with E-state index >= 15 is 0 Å². The van der Waals surface area contributed by atoms with Crippen molar-refractivity contribution in [3.63, 3.8) is 0 Å². The molecule has 1 atom stereocenters. The molecule has 0 radical (unpaired) electrons. The van der Waals surface area contributed by atoms with E-state index in [1.165, 1.54) is 83.5 Å². The Morgan fingerprint density at radius 3 is 1.24 bits per heavy atom. The van der Waals surface area contributed by atoms with Crippen molar-refractivity contribution in [1.82, 2.24) is 0 Å². The van der Waals surface area contributed by atoms with Crippen LogP contribution in [0.1, 0.15) is 123 Å². The fraction of sp³-hybridized carbons (Fsp3) is 1.00. The minimum Gasteiger partial charge on any atom is -1.00 e. The van der Waals surface area contributed by atoms with Gasteiger partial charge in [0.25, 0.3) is 0 Å². The van der Waals surface area contributed by atoms with Gasteiger partial charge in [-0.2, -0.15) is 0 Å². The van der Waals surface area contributed by atoms with Gasteiger partial charge in [0.1, 0.15) is 0 Å². The molecule has 1 unspecified atom stereocenters. The molecule has 3 N–H and O–H groups in total. The fourth-order valence-electron chi connectivity index (χ4n) is 4.45. The molecule has 178 valence electrons. The number of unbranched alkanes of at least 4 members (excludes halogenated alkanes) is 14. The molecule has 0 aliphatic rings. The lowest BCUT2D eigenvalue weighted by atomic mass is 10.0. The SMILES string of the molecule is CCCCCCCCCCCCCCCCCC([N+](C)(C)CCC)[Si](O)(O)O.[Cl-]. The highest BCUT2D eigenvalue weighted by atomic mass is 35.5. The zero-order valence-corrected chi connectivity index (χ0v) is 21.7. The van der Waals surface area contributed by atoms with Crippen LogP contribution < -0.4 is 12.4 Å². The average Bonchev–Trinajstić information content (AvgIpc) is 2.60. The second kappa shape index (κ2) is 19.1. The Labute approximate surface area is 189 Å². The molecule has 4 nitrogen and oxygen atoms in total. The Kier molecular flexibility index (Phi) is 20.7. The third-order valence-corrected chi connectivity index (χ3v) is 8.05. The number of hydrogen-bond acceptors (Lipinski definition) is 3. The molecule has 0 rings (SSSR count). The molecule has 0 aliphatic carbocycles. The summed E-state index contributed by atoms with van der Waals surface area (Å²) in [4.78, 5) is 29.7. The molecular formula is C23H52ClNO3Si. The lowest BCUT2D eigenvalue weighted by Gasteiger charge is -2.40. The van der Waals surface area contributed by atoms with Gasteiger partial charge in [0, 0.05) is 6.42 Å². The van der Waals surface area contributed by atoms with E-state index in [1.807, 2.05) is 14.1 Å². The maximum atomic E-state index is 9.89. The van der Waals surface area contributed by atoms with Crippen LogP contribution >= 0.6 is 0 Å². The molecule has 0 bridgehead atoms. The monoisotopic (exact) mass is 453 g/mol. The molecule has 0 heterocycles. The van der Waals surface area contributed by atoms with Crippen molar-refractivity contribution in [1.29, 1.82) is 0 Å². The van der Waals surface area contributed by atoms with Crippen molar-refractivity contribution in [2.75, 3.05) is 20.6 Å². The van der Waals surface area contributed by atoms with Gasteiger partial charge in [0.05, 0.1) is 20.6 Å². The predicted molar refractivity (Wildman–Crippen MR) is 123 cm³/mol. The van der Waals surface area contributed by atoms with Crippen LogP contribution in [0.4, 0.5) is 0 Å². The highest BCUT2D eigenvalue weighted by Gasteiger charge is 2.49. The first kappa shape index (κ1) is 31.5. The van der Waals surface area contributed by atoms with E-state index in [2.05, 4.69) is 13.8 Å². The van der Waals surface area contributed by atoms with E-state index in [0.717, 1.165) is 25.8 Å². The van der Waals surface area contributed by atoms with Crippen molar-refractivity contribution in [3.8, 4) is 0 Å². The smallest absolute Gasteiger partial charge is 0.554 e.